The van der Waals surface area contributed by atoms with Crippen LogP contribution in [0.4, 0.5) is 9.18 Å². The third-order valence-electron chi connectivity index (χ3n) is 4.07. The molecule has 0 aromatic heterocycles. The minimum atomic E-state index is -0.676. The Kier molecular flexibility index (Phi) is 6.96. The molecule has 0 unspecified atom stereocenters. The van der Waals surface area contributed by atoms with Gasteiger partial charge in [0, 0.05) is 6.54 Å². The number of ether oxygens (including phenoxy) is 1. The number of aryl methyl sites for hydroxylation is 1. The number of hydrogen-bond acceptors (Lipinski definition) is 3. The molecule has 1 rings (SSSR count). The van der Waals surface area contributed by atoms with Gasteiger partial charge in [-0.25, -0.2) is 9.18 Å². The van der Waals surface area contributed by atoms with Crippen LogP contribution in [-0.2, 0) is 4.74 Å². The molecule has 0 heterocycles. The van der Waals surface area contributed by atoms with Crippen LogP contribution < -0.4 is 10.6 Å². The first-order chi connectivity index (χ1) is 11.5. The monoisotopic (exact) mass is 352 g/mol. The molecule has 0 saturated carbocycles. The molecule has 1 aromatic carbocycles. The van der Waals surface area contributed by atoms with Crippen molar-refractivity contribution in [2.45, 2.75) is 65.5 Å². The van der Waals surface area contributed by atoms with Gasteiger partial charge in [-0.2, -0.15) is 0 Å². The van der Waals surface area contributed by atoms with Crippen molar-refractivity contribution in [2.75, 3.05) is 6.54 Å². The van der Waals surface area contributed by atoms with E-state index < -0.39 is 29.0 Å². The molecule has 0 atom stereocenters. The van der Waals surface area contributed by atoms with E-state index in [2.05, 4.69) is 10.6 Å². The summed E-state index contributed by atoms with van der Waals surface area (Å²) in [6, 6.07) is 4.41. The highest BCUT2D eigenvalue weighted by Crippen LogP contribution is 2.18. The first-order valence-corrected chi connectivity index (χ1v) is 8.57. The summed E-state index contributed by atoms with van der Waals surface area (Å²) in [5, 5.41) is 5.58. The summed E-state index contributed by atoms with van der Waals surface area (Å²) < 4.78 is 19.2. The largest absolute Gasteiger partial charge is 0.444 e. The lowest BCUT2D eigenvalue weighted by molar-refractivity contribution is 0.0501. The van der Waals surface area contributed by atoms with Crippen molar-refractivity contribution in [3.8, 4) is 0 Å². The van der Waals surface area contributed by atoms with Gasteiger partial charge in [-0.15, -0.1) is 0 Å². The zero-order valence-electron chi connectivity index (χ0n) is 16.0. The Bertz CT molecular complexity index is 620. The SMILES string of the molecule is CCC(CC)(CNC(=O)OC(C)(C)C)NC(=O)c1cc(C)ccc1F. The van der Waals surface area contributed by atoms with Crippen molar-refractivity contribution in [1.29, 1.82) is 0 Å². The van der Waals surface area contributed by atoms with Crippen LogP contribution in [0.5, 0.6) is 0 Å². The standard InChI is InChI=1S/C19H29FN2O3/c1-7-19(8-2,12-21-17(24)25-18(4,5)6)22-16(23)14-11-13(3)9-10-15(14)20/h9-11H,7-8,12H2,1-6H3,(H,21,24)(H,22,23). The van der Waals surface area contributed by atoms with Gasteiger partial charge in [0.15, 0.2) is 0 Å². The van der Waals surface area contributed by atoms with Gasteiger partial charge < -0.3 is 15.4 Å². The quantitative estimate of drug-likeness (QED) is 0.815. The van der Waals surface area contributed by atoms with Crippen LogP contribution in [0.3, 0.4) is 0 Å². The van der Waals surface area contributed by atoms with Gasteiger partial charge in [0.2, 0.25) is 0 Å². The predicted molar refractivity (Wildman–Crippen MR) is 96.2 cm³/mol. The summed E-state index contributed by atoms with van der Waals surface area (Å²) in [6.07, 6.45) is 0.617. The number of carbonyl (C=O) groups excluding carboxylic acids is 2. The number of benzene rings is 1. The van der Waals surface area contributed by atoms with Crippen LogP contribution in [0.15, 0.2) is 18.2 Å². The maximum atomic E-state index is 14.0. The molecule has 0 fully saturated rings. The summed E-state index contributed by atoms with van der Waals surface area (Å²) in [6.45, 7) is 11.2. The van der Waals surface area contributed by atoms with E-state index >= 15 is 0 Å². The molecule has 0 bridgehead atoms. The van der Waals surface area contributed by atoms with Crippen LogP contribution in [0.2, 0.25) is 0 Å². The number of carbonyl (C=O) groups is 2. The van der Waals surface area contributed by atoms with Gasteiger partial charge in [0.05, 0.1) is 11.1 Å². The summed E-state index contributed by atoms with van der Waals surface area (Å²) >= 11 is 0. The first kappa shape index (κ1) is 20.9. The van der Waals surface area contributed by atoms with Crippen molar-refractivity contribution in [1.82, 2.24) is 10.6 Å². The summed E-state index contributed by atoms with van der Waals surface area (Å²) in [5.74, 6) is -1.06. The lowest BCUT2D eigenvalue weighted by Crippen LogP contribution is -2.55. The fraction of sp³-hybridized carbons (Fsp3) is 0.579. The minimum absolute atomic E-state index is 0.00328. The summed E-state index contributed by atoms with van der Waals surface area (Å²) in [5.41, 5.74) is -0.468. The van der Waals surface area contributed by atoms with E-state index in [1.54, 1.807) is 33.8 Å². The molecule has 0 aliphatic rings. The van der Waals surface area contributed by atoms with Crippen molar-refractivity contribution in [3.63, 3.8) is 0 Å². The normalized spacial score (nSPS) is 11.8. The third-order valence-corrected chi connectivity index (χ3v) is 4.07. The molecular weight excluding hydrogens is 323 g/mol. The second-order valence-corrected chi connectivity index (χ2v) is 7.28. The number of nitrogens with one attached hydrogen (secondary N) is 2. The smallest absolute Gasteiger partial charge is 0.407 e. The van der Waals surface area contributed by atoms with Crippen molar-refractivity contribution < 1.29 is 18.7 Å². The molecule has 2 N–H and O–H groups in total. The molecule has 6 heteroatoms. The lowest BCUT2D eigenvalue weighted by Gasteiger charge is -2.33. The van der Waals surface area contributed by atoms with Crippen LogP contribution in [0.25, 0.3) is 0 Å². The maximum absolute atomic E-state index is 14.0. The Hall–Kier alpha value is -2.11. The second kappa shape index (κ2) is 8.32. The number of hydrogen-bond donors (Lipinski definition) is 2. The number of halogens is 1. The summed E-state index contributed by atoms with van der Waals surface area (Å²) in [4.78, 5) is 24.4. The highest BCUT2D eigenvalue weighted by atomic mass is 19.1. The van der Waals surface area contributed by atoms with Gasteiger partial charge in [-0.3, -0.25) is 4.79 Å². The van der Waals surface area contributed by atoms with Crippen molar-refractivity contribution >= 4 is 12.0 Å². The van der Waals surface area contributed by atoms with Gasteiger partial charge in [0.25, 0.3) is 5.91 Å². The van der Waals surface area contributed by atoms with Gasteiger partial charge >= 0.3 is 6.09 Å². The molecule has 5 nitrogen and oxygen atoms in total. The summed E-state index contributed by atoms with van der Waals surface area (Å²) in [7, 11) is 0. The predicted octanol–water partition coefficient (Wildman–Crippen LogP) is 3.95. The molecule has 0 aliphatic carbocycles. The van der Waals surface area contributed by atoms with Gasteiger partial charge in [-0.1, -0.05) is 25.5 Å². The van der Waals surface area contributed by atoms with Gasteiger partial charge in [0.1, 0.15) is 11.4 Å². The molecule has 0 saturated heterocycles. The first-order valence-electron chi connectivity index (χ1n) is 8.57. The van der Waals surface area contributed by atoms with E-state index in [1.165, 1.54) is 12.1 Å². The molecule has 1 aromatic rings. The highest BCUT2D eigenvalue weighted by Gasteiger charge is 2.30. The third kappa shape index (κ3) is 6.36. The van der Waals surface area contributed by atoms with E-state index in [4.69, 9.17) is 4.74 Å². The van der Waals surface area contributed by atoms with Crippen LogP contribution in [0, 0.1) is 12.7 Å². The fourth-order valence-corrected chi connectivity index (χ4v) is 2.40. The van der Waals surface area contributed by atoms with Crippen LogP contribution in [-0.4, -0.2) is 29.7 Å². The molecule has 0 aliphatic heterocycles. The van der Waals surface area contributed by atoms with E-state index in [0.717, 1.165) is 5.56 Å². The second-order valence-electron chi connectivity index (χ2n) is 7.28. The Morgan fingerprint density at radius 1 is 1.16 bits per heavy atom. The highest BCUT2D eigenvalue weighted by molar-refractivity contribution is 5.95. The fourth-order valence-electron chi connectivity index (χ4n) is 2.40. The molecule has 0 spiro atoms. The van der Waals surface area contributed by atoms with E-state index in [9.17, 15) is 14.0 Å². The van der Waals surface area contributed by atoms with E-state index in [1.807, 2.05) is 13.8 Å². The lowest BCUT2D eigenvalue weighted by atomic mass is 9.92. The number of alkyl carbamates (subject to hydrolysis) is 1. The molecular formula is C19H29FN2O3. The van der Waals surface area contributed by atoms with Crippen molar-refractivity contribution in [2.24, 2.45) is 0 Å². The Morgan fingerprint density at radius 2 is 1.76 bits per heavy atom. The van der Waals surface area contributed by atoms with E-state index in [0.29, 0.717) is 12.8 Å². The van der Waals surface area contributed by atoms with Crippen LogP contribution in [0.1, 0.15) is 63.4 Å². The molecule has 25 heavy (non-hydrogen) atoms. The Labute approximate surface area is 149 Å². The molecule has 0 radical (unpaired) electrons. The van der Waals surface area contributed by atoms with Crippen molar-refractivity contribution in [3.05, 3.63) is 35.1 Å². The minimum Gasteiger partial charge on any atom is -0.444 e. The Balaban J connectivity index is 2.85. The number of rotatable bonds is 6. The Morgan fingerprint density at radius 3 is 2.28 bits per heavy atom. The van der Waals surface area contributed by atoms with E-state index in [-0.39, 0.29) is 12.1 Å². The van der Waals surface area contributed by atoms with Crippen LogP contribution >= 0.6 is 0 Å². The zero-order valence-corrected chi connectivity index (χ0v) is 16.0. The topological polar surface area (TPSA) is 67.4 Å². The molecule has 140 valence electrons. The number of amides is 2. The van der Waals surface area contributed by atoms with Gasteiger partial charge in [-0.05, 0) is 52.7 Å². The maximum Gasteiger partial charge on any atom is 0.407 e. The average molecular weight is 352 g/mol. The zero-order chi connectivity index (χ0) is 19.3. The molecule has 2 amide bonds. The average Bonchev–Trinajstić information content (AvgIpc) is 2.52.